The van der Waals surface area contributed by atoms with Crippen molar-refractivity contribution in [2.45, 2.75) is 32.3 Å². The Morgan fingerprint density at radius 1 is 1.15 bits per heavy atom. The average Bonchev–Trinajstić information content (AvgIpc) is 2.46. The minimum Gasteiger partial charge on any atom is -0.388 e. The summed E-state index contributed by atoms with van der Waals surface area (Å²) in [5.41, 5.74) is 4.42. The van der Waals surface area contributed by atoms with Gasteiger partial charge in [0.2, 0.25) is 0 Å². The lowest BCUT2D eigenvalue weighted by atomic mass is 9.78. The van der Waals surface area contributed by atoms with E-state index in [-0.39, 0.29) is 11.7 Å². The molecule has 2 unspecified atom stereocenters. The molecule has 2 aromatic rings. The summed E-state index contributed by atoms with van der Waals surface area (Å²) in [6.45, 7) is 1.86. The standard InChI is InChI=1S/C18H19FO/c1-12-10-16(19)8-9-17(12)18(20)15-7-6-13-4-2-3-5-14(13)11-15/h2-5,8-10,15,18,20H,6-7,11H2,1H3. The van der Waals surface area contributed by atoms with E-state index in [0.717, 1.165) is 30.4 Å². The summed E-state index contributed by atoms with van der Waals surface area (Å²) >= 11 is 0. The van der Waals surface area contributed by atoms with E-state index in [1.807, 2.05) is 6.92 Å². The number of hydrogen-bond acceptors (Lipinski definition) is 1. The van der Waals surface area contributed by atoms with Gasteiger partial charge in [0.05, 0.1) is 6.10 Å². The van der Waals surface area contributed by atoms with Gasteiger partial charge in [-0.3, -0.25) is 0 Å². The van der Waals surface area contributed by atoms with Crippen molar-refractivity contribution in [1.82, 2.24) is 0 Å². The zero-order chi connectivity index (χ0) is 14.1. The molecule has 20 heavy (non-hydrogen) atoms. The first kappa shape index (κ1) is 13.3. The summed E-state index contributed by atoms with van der Waals surface area (Å²) in [7, 11) is 0. The largest absolute Gasteiger partial charge is 0.388 e. The molecule has 0 aliphatic heterocycles. The summed E-state index contributed by atoms with van der Waals surface area (Å²) in [4.78, 5) is 0. The Morgan fingerprint density at radius 2 is 1.90 bits per heavy atom. The number of rotatable bonds is 2. The van der Waals surface area contributed by atoms with E-state index in [4.69, 9.17) is 0 Å². The fourth-order valence-electron chi connectivity index (χ4n) is 3.22. The van der Waals surface area contributed by atoms with Gasteiger partial charge < -0.3 is 5.11 Å². The molecule has 1 aliphatic carbocycles. The molecule has 0 saturated heterocycles. The second-order valence-corrected chi connectivity index (χ2v) is 5.72. The van der Waals surface area contributed by atoms with Crippen LogP contribution in [0.15, 0.2) is 42.5 Å². The van der Waals surface area contributed by atoms with Crippen molar-refractivity contribution < 1.29 is 9.50 Å². The maximum Gasteiger partial charge on any atom is 0.123 e. The summed E-state index contributed by atoms with van der Waals surface area (Å²) < 4.78 is 13.2. The Kier molecular flexibility index (Phi) is 3.58. The lowest BCUT2D eigenvalue weighted by Crippen LogP contribution is -2.21. The van der Waals surface area contributed by atoms with Gasteiger partial charge in [0.25, 0.3) is 0 Å². The highest BCUT2D eigenvalue weighted by Gasteiger charge is 2.26. The van der Waals surface area contributed by atoms with Crippen LogP contribution in [0, 0.1) is 18.7 Å². The molecule has 0 radical (unpaired) electrons. The van der Waals surface area contributed by atoms with Crippen LogP contribution in [0.5, 0.6) is 0 Å². The number of halogens is 1. The molecule has 0 aromatic heterocycles. The van der Waals surface area contributed by atoms with E-state index in [1.165, 1.54) is 23.3 Å². The second-order valence-electron chi connectivity index (χ2n) is 5.72. The molecule has 104 valence electrons. The molecule has 3 rings (SSSR count). The molecule has 2 atom stereocenters. The fourth-order valence-corrected chi connectivity index (χ4v) is 3.22. The minimum absolute atomic E-state index is 0.217. The predicted octanol–water partition coefficient (Wildman–Crippen LogP) is 3.97. The molecule has 0 saturated carbocycles. The summed E-state index contributed by atoms with van der Waals surface area (Å²) in [5, 5.41) is 10.6. The topological polar surface area (TPSA) is 20.2 Å². The van der Waals surface area contributed by atoms with Crippen molar-refractivity contribution >= 4 is 0 Å². The van der Waals surface area contributed by atoms with Crippen LogP contribution in [-0.2, 0) is 12.8 Å². The van der Waals surface area contributed by atoms with Gasteiger partial charge in [-0.15, -0.1) is 0 Å². The van der Waals surface area contributed by atoms with Crippen LogP contribution in [0.1, 0.15) is 34.8 Å². The number of aliphatic hydroxyl groups excluding tert-OH is 1. The normalized spacial score (nSPS) is 19.4. The summed E-state index contributed by atoms with van der Waals surface area (Å²) in [6, 6.07) is 13.1. The molecular weight excluding hydrogens is 251 g/mol. The Morgan fingerprint density at radius 3 is 2.65 bits per heavy atom. The van der Waals surface area contributed by atoms with Crippen molar-refractivity contribution in [2.75, 3.05) is 0 Å². The van der Waals surface area contributed by atoms with E-state index in [2.05, 4.69) is 24.3 Å². The second kappa shape index (κ2) is 5.37. The Bertz CT molecular complexity index is 621. The van der Waals surface area contributed by atoms with Gasteiger partial charge in [-0.2, -0.15) is 0 Å². The quantitative estimate of drug-likeness (QED) is 0.875. The van der Waals surface area contributed by atoms with Crippen LogP contribution < -0.4 is 0 Å². The molecule has 1 aliphatic rings. The average molecular weight is 270 g/mol. The van der Waals surface area contributed by atoms with Crippen molar-refractivity contribution in [1.29, 1.82) is 0 Å². The molecule has 1 nitrogen and oxygen atoms in total. The third kappa shape index (κ3) is 2.48. The van der Waals surface area contributed by atoms with Crippen LogP contribution in [0.2, 0.25) is 0 Å². The number of fused-ring (bicyclic) bond motifs is 1. The zero-order valence-electron chi connectivity index (χ0n) is 11.6. The highest BCUT2D eigenvalue weighted by molar-refractivity contribution is 5.33. The smallest absolute Gasteiger partial charge is 0.123 e. The first-order chi connectivity index (χ1) is 9.65. The minimum atomic E-state index is -0.510. The molecule has 2 heteroatoms. The van der Waals surface area contributed by atoms with Gasteiger partial charge in [0.1, 0.15) is 5.82 Å². The van der Waals surface area contributed by atoms with Gasteiger partial charge in [-0.1, -0.05) is 30.3 Å². The third-order valence-electron chi connectivity index (χ3n) is 4.38. The molecule has 0 bridgehead atoms. The number of aryl methyl sites for hydroxylation is 2. The molecule has 2 aromatic carbocycles. The van der Waals surface area contributed by atoms with E-state index in [9.17, 15) is 9.50 Å². The maximum absolute atomic E-state index is 13.2. The van der Waals surface area contributed by atoms with Gasteiger partial charge >= 0.3 is 0 Å². The zero-order valence-corrected chi connectivity index (χ0v) is 11.6. The number of hydrogen-bond donors (Lipinski definition) is 1. The Balaban J connectivity index is 1.84. The molecule has 0 amide bonds. The van der Waals surface area contributed by atoms with Gasteiger partial charge in [-0.05, 0) is 66.5 Å². The SMILES string of the molecule is Cc1cc(F)ccc1C(O)C1CCc2ccccc2C1. The van der Waals surface area contributed by atoms with E-state index >= 15 is 0 Å². The predicted molar refractivity (Wildman–Crippen MR) is 78.1 cm³/mol. The van der Waals surface area contributed by atoms with E-state index in [0.29, 0.717) is 0 Å². The first-order valence-electron chi connectivity index (χ1n) is 7.16. The third-order valence-corrected chi connectivity index (χ3v) is 4.38. The van der Waals surface area contributed by atoms with Crippen LogP contribution in [0.3, 0.4) is 0 Å². The van der Waals surface area contributed by atoms with Crippen molar-refractivity contribution in [3.05, 3.63) is 70.5 Å². The lowest BCUT2D eigenvalue weighted by Gasteiger charge is -2.29. The van der Waals surface area contributed by atoms with Gasteiger partial charge in [0.15, 0.2) is 0 Å². The highest BCUT2D eigenvalue weighted by atomic mass is 19.1. The number of aliphatic hydroxyl groups is 1. The van der Waals surface area contributed by atoms with Crippen molar-refractivity contribution in [3.8, 4) is 0 Å². The summed E-state index contributed by atoms with van der Waals surface area (Å²) in [6.07, 6.45) is 2.38. The molecule has 0 heterocycles. The molecule has 1 N–H and O–H groups in total. The fraction of sp³-hybridized carbons (Fsp3) is 0.333. The summed E-state index contributed by atoms with van der Waals surface area (Å²) in [5.74, 6) is -0.0264. The van der Waals surface area contributed by atoms with E-state index in [1.54, 1.807) is 6.07 Å². The lowest BCUT2D eigenvalue weighted by molar-refractivity contribution is 0.0988. The van der Waals surface area contributed by atoms with Crippen LogP contribution in [0.25, 0.3) is 0 Å². The van der Waals surface area contributed by atoms with Crippen molar-refractivity contribution in [3.63, 3.8) is 0 Å². The highest BCUT2D eigenvalue weighted by Crippen LogP contribution is 2.35. The van der Waals surface area contributed by atoms with Crippen LogP contribution in [-0.4, -0.2) is 5.11 Å². The molecule has 0 fully saturated rings. The van der Waals surface area contributed by atoms with Gasteiger partial charge in [-0.25, -0.2) is 4.39 Å². The van der Waals surface area contributed by atoms with Crippen LogP contribution in [0.4, 0.5) is 4.39 Å². The van der Waals surface area contributed by atoms with Crippen molar-refractivity contribution in [2.24, 2.45) is 5.92 Å². The first-order valence-corrected chi connectivity index (χ1v) is 7.16. The van der Waals surface area contributed by atoms with Crippen LogP contribution >= 0.6 is 0 Å². The molecular formula is C18H19FO. The maximum atomic E-state index is 13.2. The Labute approximate surface area is 119 Å². The van der Waals surface area contributed by atoms with Gasteiger partial charge in [0, 0.05) is 0 Å². The monoisotopic (exact) mass is 270 g/mol. The van der Waals surface area contributed by atoms with E-state index < -0.39 is 6.10 Å². The number of benzene rings is 2. The molecule has 0 spiro atoms. The Hall–Kier alpha value is -1.67.